The highest BCUT2D eigenvalue weighted by Crippen LogP contribution is 2.36. The Balaban J connectivity index is 1.52. The van der Waals surface area contributed by atoms with Crippen molar-refractivity contribution in [1.29, 1.82) is 0 Å². The minimum absolute atomic E-state index is 0.0150. The number of nitrogens with one attached hydrogen (secondary N) is 2. The minimum atomic E-state index is -0.0801. The van der Waals surface area contributed by atoms with Crippen molar-refractivity contribution in [1.82, 2.24) is 15.1 Å². The monoisotopic (exact) mass is 430 g/mol. The van der Waals surface area contributed by atoms with Gasteiger partial charge in [0.15, 0.2) is 5.82 Å². The Morgan fingerprint density at radius 2 is 1.93 bits per heavy atom. The third-order valence-electron chi connectivity index (χ3n) is 5.58. The largest absolute Gasteiger partial charge is 0.308 e. The van der Waals surface area contributed by atoms with Crippen LogP contribution in [0.3, 0.4) is 0 Å². The molecule has 0 bridgehead atoms. The molecule has 0 spiro atoms. The lowest BCUT2D eigenvalue weighted by Crippen LogP contribution is -2.27. The molecular formula is C22H24Cl2N4O. The van der Waals surface area contributed by atoms with E-state index >= 15 is 0 Å². The molecule has 2 N–H and O–H groups in total. The summed E-state index contributed by atoms with van der Waals surface area (Å²) in [7, 11) is 0. The first-order chi connectivity index (χ1) is 14.0. The van der Waals surface area contributed by atoms with Crippen molar-refractivity contribution in [3.8, 4) is 11.1 Å². The van der Waals surface area contributed by atoms with Gasteiger partial charge in [-0.2, -0.15) is 5.10 Å². The van der Waals surface area contributed by atoms with Crippen molar-refractivity contribution in [2.24, 2.45) is 5.92 Å². The molecule has 0 saturated carbocycles. The number of H-pyrrole nitrogens is 1. The van der Waals surface area contributed by atoms with Gasteiger partial charge in [0.25, 0.3) is 0 Å². The van der Waals surface area contributed by atoms with E-state index in [2.05, 4.69) is 20.4 Å². The van der Waals surface area contributed by atoms with Gasteiger partial charge in [0.05, 0.1) is 5.52 Å². The summed E-state index contributed by atoms with van der Waals surface area (Å²) < 4.78 is 0. The maximum absolute atomic E-state index is 12.7. The summed E-state index contributed by atoms with van der Waals surface area (Å²) in [6.07, 6.45) is 3.36. The van der Waals surface area contributed by atoms with Gasteiger partial charge in [-0.05, 0) is 68.7 Å². The van der Waals surface area contributed by atoms with Gasteiger partial charge in [-0.15, -0.1) is 0 Å². The van der Waals surface area contributed by atoms with Crippen LogP contribution < -0.4 is 5.32 Å². The number of aromatic amines is 1. The van der Waals surface area contributed by atoms with E-state index in [0.717, 1.165) is 48.1 Å². The second-order valence-electron chi connectivity index (χ2n) is 7.66. The molecule has 2 heterocycles. The number of halogens is 2. The van der Waals surface area contributed by atoms with E-state index in [-0.39, 0.29) is 11.8 Å². The van der Waals surface area contributed by atoms with E-state index in [1.807, 2.05) is 43.3 Å². The van der Waals surface area contributed by atoms with Crippen LogP contribution in [0.15, 0.2) is 36.4 Å². The zero-order valence-corrected chi connectivity index (χ0v) is 17.9. The Bertz CT molecular complexity index is 1010. The van der Waals surface area contributed by atoms with Gasteiger partial charge in [-0.1, -0.05) is 42.3 Å². The predicted octanol–water partition coefficient (Wildman–Crippen LogP) is 5.60. The Labute approximate surface area is 180 Å². The van der Waals surface area contributed by atoms with Crippen molar-refractivity contribution in [3.63, 3.8) is 0 Å². The number of likely N-dealkylation sites (tertiary alicyclic amines) is 1. The molecule has 1 unspecified atom stereocenters. The van der Waals surface area contributed by atoms with E-state index in [9.17, 15) is 4.79 Å². The Kier molecular flexibility index (Phi) is 6.09. The molecule has 1 aromatic heterocycles. The molecule has 1 atom stereocenters. The van der Waals surface area contributed by atoms with E-state index in [4.69, 9.17) is 23.2 Å². The van der Waals surface area contributed by atoms with Crippen LogP contribution in [0.25, 0.3) is 22.0 Å². The summed E-state index contributed by atoms with van der Waals surface area (Å²) >= 11 is 12.7. The maximum Gasteiger partial charge on any atom is 0.228 e. The van der Waals surface area contributed by atoms with Crippen molar-refractivity contribution in [2.75, 3.05) is 25.0 Å². The summed E-state index contributed by atoms with van der Waals surface area (Å²) in [6, 6.07) is 11.3. The van der Waals surface area contributed by atoms with Crippen LogP contribution in [0, 0.1) is 5.92 Å². The van der Waals surface area contributed by atoms with Crippen LogP contribution in [-0.2, 0) is 4.79 Å². The molecule has 3 aromatic rings. The highest BCUT2D eigenvalue weighted by atomic mass is 35.5. The highest BCUT2D eigenvalue weighted by Gasteiger charge is 2.19. The Morgan fingerprint density at radius 3 is 2.66 bits per heavy atom. The standard InChI is InChI=1S/C22H24Cl2N4O/c1-14(9-12-28-10-2-3-11-28)22(29)25-21-16-13-15(7-8-19(16)26-27-21)20-17(23)5-4-6-18(20)24/h4-8,13-14H,2-3,9-12H2,1H3,(H2,25,26,27,29). The smallest absolute Gasteiger partial charge is 0.228 e. The van der Waals surface area contributed by atoms with Gasteiger partial charge >= 0.3 is 0 Å². The minimum Gasteiger partial charge on any atom is -0.308 e. The van der Waals surface area contributed by atoms with Gasteiger partial charge in [-0.25, -0.2) is 0 Å². The number of amides is 1. The molecule has 1 aliphatic heterocycles. The number of hydrogen-bond donors (Lipinski definition) is 2. The number of aromatic nitrogens is 2. The van der Waals surface area contributed by atoms with E-state index in [1.54, 1.807) is 0 Å². The molecule has 4 rings (SSSR count). The predicted molar refractivity (Wildman–Crippen MR) is 120 cm³/mol. The van der Waals surface area contributed by atoms with Gasteiger partial charge in [0.1, 0.15) is 0 Å². The third kappa shape index (κ3) is 4.42. The fourth-order valence-corrected chi connectivity index (χ4v) is 4.41. The number of benzene rings is 2. The third-order valence-corrected chi connectivity index (χ3v) is 6.21. The highest BCUT2D eigenvalue weighted by molar-refractivity contribution is 6.39. The normalized spacial score (nSPS) is 15.7. The molecule has 1 fully saturated rings. The molecule has 152 valence electrons. The van der Waals surface area contributed by atoms with Crippen LogP contribution in [0.2, 0.25) is 10.0 Å². The first-order valence-corrected chi connectivity index (χ1v) is 10.7. The van der Waals surface area contributed by atoms with Gasteiger partial charge in [0, 0.05) is 26.9 Å². The van der Waals surface area contributed by atoms with Crippen LogP contribution in [0.1, 0.15) is 26.2 Å². The lowest BCUT2D eigenvalue weighted by molar-refractivity contribution is -0.119. The van der Waals surface area contributed by atoms with Crippen molar-refractivity contribution >= 4 is 45.8 Å². The van der Waals surface area contributed by atoms with Gasteiger partial charge < -0.3 is 10.2 Å². The summed E-state index contributed by atoms with van der Waals surface area (Å²) in [5.74, 6) is 0.436. The first-order valence-electron chi connectivity index (χ1n) is 9.98. The molecule has 1 amide bonds. The SMILES string of the molecule is CC(CCN1CCCC1)C(=O)Nc1n[nH]c2ccc(-c3c(Cl)cccc3Cl)cc12. The second-order valence-corrected chi connectivity index (χ2v) is 8.47. The first kappa shape index (κ1) is 20.2. The zero-order valence-electron chi connectivity index (χ0n) is 16.3. The molecule has 1 saturated heterocycles. The van der Waals surface area contributed by atoms with Gasteiger partial charge in [0.2, 0.25) is 5.91 Å². The average Bonchev–Trinajstić information content (AvgIpc) is 3.36. The molecule has 5 nitrogen and oxygen atoms in total. The second kappa shape index (κ2) is 8.74. The molecule has 0 aliphatic carbocycles. The average molecular weight is 431 g/mol. The molecular weight excluding hydrogens is 407 g/mol. The number of carbonyl (C=O) groups is 1. The lowest BCUT2D eigenvalue weighted by Gasteiger charge is -2.17. The summed E-state index contributed by atoms with van der Waals surface area (Å²) in [6.45, 7) is 5.22. The molecule has 1 aliphatic rings. The van der Waals surface area contributed by atoms with Crippen molar-refractivity contribution in [3.05, 3.63) is 46.4 Å². The van der Waals surface area contributed by atoms with Crippen LogP contribution in [0.4, 0.5) is 5.82 Å². The number of nitrogens with zero attached hydrogens (tertiary/aromatic N) is 2. The van der Waals surface area contributed by atoms with Gasteiger partial charge in [-0.3, -0.25) is 9.89 Å². The van der Waals surface area contributed by atoms with E-state index < -0.39 is 0 Å². The van der Waals surface area contributed by atoms with Crippen LogP contribution in [0.5, 0.6) is 0 Å². The quantitative estimate of drug-likeness (QED) is 0.534. The van der Waals surface area contributed by atoms with Crippen molar-refractivity contribution < 1.29 is 4.79 Å². The zero-order chi connectivity index (χ0) is 20.4. The summed E-state index contributed by atoms with van der Waals surface area (Å²) in [5, 5.41) is 12.3. The molecule has 2 aromatic carbocycles. The number of hydrogen-bond acceptors (Lipinski definition) is 3. The summed E-state index contributed by atoms with van der Waals surface area (Å²) in [4.78, 5) is 15.1. The topological polar surface area (TPSA) is 61.0 Å². The Morgan fingerprint density at radius 1 is 1.21 bits per heavy atom. The van der Waals surface area contributed by atoms with Crippen LogP contribution in [-0.4, -0.2) is 40.6 Å². The lowest BCUT2D eigenvalue weighted by atomic mass is 10.0. The molecule has 29 heavy (non-hydrogen) atoms. The fourth-order valence-electron chi connectivity index (χ4n) is 3.79. The molecule has 7 heteroatoms. The fraction of sp³-hybridized carbons (Fsp3) is 0.364. The number of rotatable bonds is 6. The molecule has 0 radical (unpaired) electrons. The number of carbonyl (C=O) groups excluding carboxylic acids is 1. The maximum atomic E-state index is 12.7. The number of anilines is 1. The number of fused-ring (bicyclic) bond motifs is 1. The van der Waals surface area contributed by atoms with E-state index in [1.165, 1.54) is 12.8 Å². The Hall–Kier alpha value is -2.08. The van der Waals surface area contributed by atoms with Crippen molar-refractivity contribution in [2.45, 2.75) is 26.2 Å². The van der Waals surface area contributed by atoms with Crippen LogP contribution >= 0.6 is 23.2 Å². The summed E-state index contributed by atoms with van der Waals surface area (Å²) in [5.41, 5.74) is 2.50. The van der Waals surface area contributed by atoms with E-state index in [0.29, 0.717) is 15.9 Å².